The third-order valence-electron chi connectivity index (χ3n) is 4.61. The van der Waals surface area contributed by atoms with Gasteiger partial charge in [-0.15, -0.1) is 0 Å². The fraction of sp³-hybridized carbons (Fsp3) is 0.167. The van der Waals surface area contributed by atoms with Gasteiger partial charge in [0.25, 0.3) is 5.91 Å². The summed E-state index contributed by atoms with van der Waals surface area (Å²) in [6.07, 6.45) is 0. The number of nitrogens with zero attached hydrogens (tertiary/aromatic N) is 1. The molecule has 0 heterocycles. The summed E-state index contributed by atoms with van der Waals surface area (Å²) in [5, 5.41) is 0. The minimum Gasteiger partial charge on any atom is -0.484 e. The van der Waals surface area contributed by atoms with E-state index in [0.717, 1.165) is 11.1 Å². The topological polar surface area (TPSA) is 46.6 Å². The molecule has 3 rings (SSSR count). The van der Waals surface area contributed by atoms with E-state index >= 15 is 0 Å². The number of carbonyl (C=O) groups excluding carboxylic acids is 2. The van der Waals surface area contributed by atoms with Crippen molar-refractivity contribution >= 4 is 11.7 Å². The first-order valence-corrected chi connectivity index (χ1v) is 9.15. The highest BCUT2D eigenvalue weighted by atomic mass is 16.5. The highest BCUT2D eigenvalue weighted by molar-refractivity contribution is 6.08. The van der Waals surface area contributed by atoms with Crippen LogP contribution in [0.4, 0.5) is 0 Å². The van der Waals surface area contributed by atoms with Crippen LogP contribution in [-0.4, -0.2) is 30.2 Å². The van der Waals surface area contributed by atoms with Gasteiger partial charge in [0.2, 0.25) is 0 Å². The van der Waals surface area contributed by atoms with Crippen LogP contribution in [0.25, 0.3) is 0 Å². The van der Waals surface area contributed by atoms with Gasteiger partial charge in [-0.3, -0.25) is 9.59 Å². The van der Waals surface area contributed by atoms with Crippen LogP contribution in [-0.2, 0) is 11.3 Å². The number of likely N-dealkylation sites (N-methyl/N-ethyl adjacent to an activating group) is 1. The number of ether oxygens (including phenoxy) is 1. The highest BCUT2D eigenvalue weighted by Crippen LogP contribution is 2.16. The zero-order chi connectivity index (χ0) is 19.9. The van der Waals surface area contributed by atoms with Crippen molar-refractivity contribution in [1.82, 2.24) is 4.90 Å². The average molecular weight is 373 g/mol. The second-order valence-corrected chi connectivity index (χ2v) is 6.68. The van der Waals surface area contributed by atoms with Gasteiger partial charge in [-0.1, -0.05) is 54.6 Å². The van der Waals surface area contributed by atoms with E-state index in [1.807, 2.05) is 49.4 Å². The molecule has 28 heavy (non-hydrogen) atoms. The van der Waals surface area contributed by atoms with E-state index in [0.29, 0.717) is 23.4 Å². The lowest BCUT2D eigenvalue weighted by molar-refractivity contribution is -0.132. The van der Waals surface area contributed by atoms with Crippen molar-refractivity contribution in [3.05, 3.63) is 101 Å². The SMILES string of the molecule is Cc1ccccc1CN(C)C(=O)COc1ccc(C(=O)c2ccccc2)cc1. The average Bonchev–Trinajstić information content (AvgIpc) is 2.74. The Labute approximate surface area is 165 Å². The predicted octanol–water partition coefficient (Wildman–Crippen LogP) is 4.26. The number of aryl methyl sites for hydroxylation is 1. The monoisotopic (exact) mass is 373 g/mol. The van der Waals surface area contributed by atoms with Crippen LogP contribution in [0.1, 0.15) is 27.0 Å². The van der Waals surface area contributed by atoms with E-state index in [2.05, 4.69) is 0 Å². The first-order chi connectivity index (χ1) is 13.5. The summed E-state index contributed by atoms with van der Waals surface area (Å²) in [5.41, 5.74) is 3.49. The summed E-state index contributed by atoms with van der Waals surface area (Å²) in [6.45, 7) is 2.52. The molecule has 0 saturated heterocycles. The van der Waals surface area contributed by atoms with Crippen molar-refractivity contribution in [2.45, 2.75) is 13.5 Å². The Kier molecular flexibility index (Phi) is 6.22. The fourth-order valence-corrected chi connectivity index (χ4v) is 2.85. The summed E-state index contributed by atoms with van der Waals surface area (Å²) in [6, 6.07) is 24.0. The third kappa shape index (κ3) is 4.86. The zero-order valence-electron chi connectivity index (χ0n) is 16.1. The first-order valence-electron chi connectivity index (χ1n) is 9.15. The Morgan fingerprint density at radius 1 is 0.821 bits per heavy atom. The van der Waals surface area contributed by atoms with Gasteiger partial charge in [-0.05, 0) is 42.3 Å². The van der Waals surface area contributed by atoms with Crippen molar-refractivity contribution in [3.63, 3.8) is 0 Å². The zero-order valence-corrected chi connectivity index (χ0v) is 16.1. The van der Waals surface area contributed by atoms with Crippen LogP contribution in [0.5, 0.6) is 5.75 Å². The van der Waals surface area contributed by atoms with Gasteiger partial charge in [0, 0.05) is 24.7 Å². The minimum absolute atomic E-state index is 0.0406. The van der Waals surface area contributed by atoms with Crippen LogP contribution >= 0.6 is 0 Å². The Morgan fingerprint density at radius 2 is 1.43 bits per heavy atom. The molecule has 3 aromatic carbocycles. The number of benzene rings is 3. The summed E-state index contributed by atoms with van der Waals surface area (Å²) >= 11 is 0. The molecule has 142 valence electrons. The van der Waals surface area contributed by atoms with Gasteiger partial charge < -0.3 is 9.64 Å². The van der Waals surface area contributed by atoms with Crippen LogP contribution in [0, 0.1) is 6.92 Å². The molecule has 0 aromatic heterocycles. The number of amides is 1. The molecule has 0 saturated carbocycles. The largest absolute Gasteiger partial charge is 0.484 e. The maximum atomic E-state index is 12.4. The van der Waals surface area contributed by atoms with Crippen LogP contribution < -0.4 is 4.74 Å². The van der Waals surface area contributed by atoms with E-state index in [4.69, 9.17) is 4.74 Å². The van der Waals surface area contributed by atoms with E-state index < -0.39 is 0 Å². The smallest absolute Gasteiger partial charge is 0.260 e. The standard InChI is InChI=1S/C24H23NO3/c1-18-8-6-7-11-21(18)16-25(2)23(26)17-28-22-14-12-20(13-15-22)24(27)19-9-4-3-5-10-19/h3-15H,16-17H2,1-2H3. The molecule has 0 bridgehead atoms. The van der Waals surface area contributed by atoms with Gasteiger partial charge in [0.05, 0.1) is 0 Å². The van der Waals surface area contributed by atoms with Crippen LogP contribution in [0.3, 0.4) is 0 Å². The van der Waals surface area contributed by atoms with E-state index in [9.17, 15) is 9.59 Å². The second-order valence-electron chi connectivity index (χ2n) is 6.68. The Bertz CT molecular complexity index is 949. The Hall–Kier alpha value is -3.40. The number of rotatable bonds is 7. The summed E-state index contributed by atoms with van der Waals surface area (Å²) in [4.78, 5) is 26.4. The third-order valence-corrected chi connectivity index (χ3v) is 4.61. The minimum atomic E-state index is -0.104. The molecular weight excluding hydrogens is 350 g/mol. The fourth-order valence-electron chi connectivity index (χ4n) is 2.85. The van der Waals surface area contributed by atoms with Crippen molar-refractivity contribution in [2.24, 2.45) is 0 Å². The van der Waals surface area contributed by atoms with E-state index in [1.165, 1.54) is 0 Å². The molecule has 0 unspecified atom stereocenters. The molecule has 3 aromatic rings. The summed E-state index contributed by atoms with van der Waals surface area (Å²) < 4.78 is 5.59. The molecule has 0 atom stereocenters. The van der Waals surface area contributed by atoms with Gasteiger partial charge in [0.1, 0.15) is 5.75 Å². The molecule has 4 nitrogen and oxygen atoms in total. The van der Waals surface area contributed by atoms with Crippen molar-refractivity contribution in [1.29, 1.82) is 0 Å². The summed E-state index contributed by atoms with van der Waals surface area (Å²) in [7, 11) is 1.76. The lowest BCUT2D eigenvalue weighted by atomic mass is 10.0. The molecule has 0 fully saturated rings. The molecule has 0 spiro atoms. The number of carbonyl (C=O) groups is 2. The Balaban J connectivity index is 1.55. The van der Waals surface area contributed by atoms with Gasteiger partial charge in [-0.25, -0.2) is 0 Å². The van der Waals surface area contributed by atoms with Gasteiger partial charge in [0.15, 0.2) is 12.4 Å². The highest BCUT2D eigenvalue weighted by Gasteiger charge is 2.12. The van der Waals surface area contributed by atoms with E-state index in [-0.39, 0.29) is 18.3 Å². The molecular formula is C24H23NO3. The van der Waals surface area contributed by atoms with Gasteiger partial charge >= 0.3 is 0 Å². The molecule has 0 aliphatic carbocycles. The quantitative estimate of drug-likeness (QED) is 0.581. The summed E-state index contributed by atoms with van der Waals surface area (Å²) in [5.74, 6) is 0.413. The van der Waals surface area contributed by atoms with Crippen molar-refractivity contribution < 1.29 is 14.3 Å². The van der Waals surface area contributed by atoms with Crippen LogP contribution in [0.2, 0.25) is 0 Å². The molecule has 0 aliphatic rings. The molecule has 4 heteroatoms. The molecule has 0 N–H and O–H groups in total. The number of hydrogen-bond donors (Lipinski definition) is 0. The predicted molar refractivity (Wildman–Crippen MR) is 109 cm³/mol. The maximum Gasteiger partial charge on any atom is 0.260 e. The maximum absolute atomic E-state index is 12.4. The first kappa shape index (κ1) is 19.4. The van der Waals surface area contributed by atoms with E-state index in [1.54, 1.807) is 48.3 Å². The normalized spacial score (nSPS) is 10.4. The molecule has 1 amide bonds. The van der Waals surface area contributed by atoms with Crippen LogP contribution in [0.15, 0.2) is 78.9 Å². The lowest BCUT2D eigenvalue weighted by Crippen LogP contribution is -2.31. The molecule has 0 radical (unpaired) electrons. The van der Waals surface area contributed by atoms with Crippen molar-refractivity contribution in [3.8, 4) is 5.75 Å². The Morgan fingerprint density at radius 3 is 2.11 bits per heavy atom. The number of ketones is 1. The lowest BCUT2D eigenvalue weighted by Gasteiger charge is -2.18. The van der Waals surface area contributed by atoms with Gasteiger partial charge in [-0.2, -0.15) is 0 Å². The second kappa shape index (κ2) is 9.00. The number of hydrogen-bond acceptors (Lipinski definition) is 3. The molecule has 0 aliphatic heterocycles. The van der Waals surface area contributed by atoms with Crippen molar-refractivity contribution in [2.75, 3.05) is 13.7 Å².